The predicted molar refractivity (Wildman–Crippen MR) is 77.3 cm³/mol. The molecule has 0 aliphatic carbocycles. The number of carbonyl (C=O) groups is 2. The molecule has 1 unspecified atom stereocenters. The van der Waals surface area contributed by atoms with Crippen LogP contribution < -0.4 is 5.32 Å². The topological polar surface area (TPSA) is 69.6 Å². The molecule has 0 bridgehead atoms. The van der Waals surface area contributed by atoms with Crippen LogP contribution in [0.25, 0.3) is 0 Å². The van der Waals surface area contributed by atoms with E-state index < -0.39 is 6.04 Å². The van der Waals surface area contributed by atoms with Gasteiger partial charge in [-0.15, -0.1) is 0 Å². The molecule has 0 saturated carbocycles. The maximum Gasteiger partial charge on any atom is 0.244 e. The Bertz CT molecular complexity index is 470. The van der Waals surface area contributed by atoms with Gasteiger partial charge in [0.2, 0.25) is 11.8 Å². The van der Waals surface area contributed by atoms with Gasteiger partial charge in [-0.3, -0.25) is 9.59 Å². The highest BCUT2D eigenvalue weighted by atomic mass is 16.3. The largest absolute Gasteiger partial charge is 0.508 e. The summed E-state index contributed by atoms with van der Waals surface area (Å²) in [6.07, 6.45) is 0.143. The van der Waals surface area contributed by atoms with E-state index in [1.54, 1.807) is 30.0 Å². The standard InChI is InChI=1S/C15H22N2O3/c1-4-17(5-2)15(20)11(3)16-14(19)10-12-7-6-8-13(18)9-12/h6-9,11,18H,4-5,10H2,1-3H3,(H,16,19). The minimum absolute atomic E-state index is 0.0840. The van der Waals surface area contributed by atoms with Crippen LogP contribution in [0.2, 0.25) is 0 Å². The van der Waals surface area contributed by atoms with Gasteiger partial charge in [0.15, 0.2) is 0 Å². The van der Waals surface area contributed by atoms with E-state index in [0.29, 0.717) is 18.7 Å². The Balaban J connectivity index is 2.55. The molecule has 0 aliphatic rings. The first-order valence-electron chi connectivity index (χ1n) is 6.84. The van der Waals surface area contributed by atoms with Crippen molar-refractivity contribution in [2.24, 2.45) is 0 Å². The summed E-state index contributed by atoms with van der Waals surface area (Å²) in [7, 11) is 0. The second-order valence-electron chi connectivity index (χ2n) is 4.65. The van der Waals surface area contributed by atoms with Crippen LogP contribution in [0.4, 0.5) is 0 Å². The van der Waals surface area contributed by atoms with Crippen LogP contribution in [0, 0.1) is 0 Å². The number of rotatable bonds is 6. The van der Waals surface area contributed by atoms with Gasteiger partial charge < -0.3 is 15.3 Å². The van der Waals surface area contributed by atoms with E-state index >= 15 is 0 Å². The molecule has 0 aliphatic heterocycles. The summed E-state index contributed by atoms with van der Waals surface area (Å²) < 4.78 is 0. The summed E-state index contributed by atoms with van der Waals surface area (Å²) in [4.78, 5) is 25.6. The number of nitrogens with one attached hydrogen (secondary N) is 1. The fraction of sp³-hybridized carbons (Fsp3) is 0.467. The van der Waals surface area contributed by atoms with Crippen molar-refractivity contribution >= 4 is 11.8 Å². The van der Waals surface area contributed by atoms with Gasteiger partial charge in [-0.1, -0.05) is 12.1 Å². The van der Waals surface area contributed by atoms with Crippen molar-refractivity contribution in [2.75, 3.05) is 13.1 Å². The summed E-state index contributed by atoms with van der Waals surface area (Å²) >= 11 is 0. The van der Waals surface area contributed by atoms with E-state index in [4.69, 9.17) is 0 Å². The van der Waals surface area contributed by atoms with Crippen LogP contribution in [0.5, 0.6) is 5.75 Å². The average Bonchev–Trinajstić information content (AvgIpc) is 2.39. The second kappa shape index (κ2) is 7.53. The average molecular weight is 278 g/mol. The summed E-state index contributed by atoms with van der Waals surface area (Å²) in [5.74, 6) is -0.189. The molecule has 0 spiro atoms. The third-order valence-corrected chi connectivity index (χ3v) is 3.10. The number of hydrogen-bond donors (Lipinski definition) is 2. The fourth-order valence-electron chi connectivity index (χ4n) is 2.02. The van der Waals surface area contributed by atoms with Crippen molar-refractivity contribution in [3.8, 4) is 5.75 Å². The highest BCUT2D eigenvalue weighted by molar-refractivity contribution is 5.88. The lowest BCUT2D eigenvalue weighted by atomic mass is 10.1. The number of likely N-dealkylation sites (N-methyl/N-ethyl adjacent to an activating group) is 1. The van der Waals surface area contributed by atoms with Crippen molar-refractivity contribution in [3.63, 3.8) is 0 Å². The number of amides is 2. The molecule has 1 atom stereocenters. The number of phenols is 1. The molecule has 0 radical (unpaired) electrons. The highest BCUT2D eigenvalue weighted by Gasteiger charge is 2.19. The molecule has 5 nitrogen and oxygen atoms in total. The van der Waals surface area contributed by atoms with Crippen LogP contribution in [0.1, 0.15) is 26.3 Å². The summed E-state index contributed by atoms with van der Waals surface area (Å²) in [6, 6.07) is 5.99. The Labute approximate surface area is 119 Å². The van der Waals surface area contributed by atoms with Gasteiger partial charge in [0.05, 0.1) is 6.42 Å². The molecule has 1 aromatic carbocycles. The Hall–Kier alpha value is -2.04. The summed E-state index contributed by atoms with van der Waals surface area (Å²) in [5.41, 5.74) is 0.713. The molecule has 2 N–H and O–H groups in total. The number of nitrogens with zero attached hydrogens (tertiary/aromatic N) is 1. The molecule has 0 saturated heterocycles. The van der Waals surface area contributed by atoms with Crippen molar-refractivity contribution in [1.29, 1.82) is 0 Å². The lowest BCUT2D eigenvalue weighted by Crippen LogP contribution is -2.47. The zero-order chi connectivity index (χ0) is 15.1. The maximum atomic E-state index is 12.0. The Morgan fingerprint density at radius 1 is 1.30 bits per heavy atom. The molecule has 2 amide bonds. The first-order valence-corrected chi connectivity index (χ1v) is 6.84. The lowest BCUT2D eigenvalue weighted by Gasteiger charge is -2.23. The van der Waals surface area contributed by atoms with E-state index in [2.05, 4.69) is 5.32 Å². The normalized spacial score (nSPS) is 11.8. The number of benzene rings is 1. The van der Waals surface area contributed by atoms with Crippen molar-refractivity contribution in [3.05, 3.63) is 29.8 Å². The first kappa shape index (κ1) is 16.0. The third-order valence-electron chi connectivity index (χ3n) is 3.10. The monoisotopic (exact) mass is 278 g/mol. The van der Waals surface area contributed by atoms with Crippen molar-refractivity contribution < 1.29 is 14.7 Å². The smallest absolute Gasteiger partial charge is 0.244 e. The second-order valence-corrected chi connectivity index (χ2v) is 4.65. The SMILES string of the molecule is CCN(CC)C(=O)C(C)NC(=O)Cc1cccc(O)c1. The van der Waals surface area contributed by atoms with Crippen LogP contribution in [0.3, 0.4) is 0 Å². The maximum absolute atomic E-state index is 12.0. The molecule has 5 heteroatoms. The Kier molecular flexibility index (Phi) is 6.03. The molecule has 1 rings (SSSR count). The van der Waals surface area contributed by atoms with Crippen LogP contribution in [-0.2, 0) is 16.0 Å². The number of aromatic hydroxyl groups is 1. The highest BCUT2D eigenvalue weighted by Crippen LogP contribution is 2.11. The zero-order valence-electron chi connectivity index (χ0n) is 12.2. The minimum Gasteiger partial charge on any atom is -0.508 e. The Morgan fingerprint density at radius 2 is 1.95 bits per heavy atom. The minimum atomic E-state index is -0.542. The molecule has 110 valence electrons. The summed E-state index contributed by atoms with van der Waals surface area (Å²) in [6.45, 7) is 6.75. The van der Waals surface area contributed by atoms with Gasteiger partial charge in [-0.05, 0) is 38.5 Å². The van der Waals surface area contributed by atoms with Crippen molar-refractivity contribution in [2.45, 2.75) is 33.2 Å². The fourth-order valence-corrected chi connectivity index (χ4v) is 2.02. The molecule has 20 heavy (non-hydrogen) atoms. The van der Waals surface area contributed by atoms with Gasteiger partial charge in [-0.2, -0.15) is 0 Å². The van der Waals surface area contributed by atoms with E-state index in [0.717, 1.165) is 0 Å². The molecular formula is C15H22N2O3. The number of phenolic OH excluding ortho intramolecular Hbond substituents is 1. The molecule has 0 aromatic heterocycles. The van der Waals surface area contributed by atoms with Gasteiger partial charge in [0.1, 0.15) is 11.8 Å². The molecule has 1 aromatic rings. The van der Waals surface area contributed by atoms with Gasteiger partial charge in [0.25, 0.3) is 0 Å². The molecular weight excluding hydrogens is 256 g/mol. The number of hydrogen-bond acceptors (Lipinski definition) is 3. The first-order chi connectivity index (χ1) is 9.47. The van der Waals surface area contributed by atoms with Gasteiger partial charge in [0, 0.05) is 13.1 Å². The Morgan fingerprint density at radius 3 is 2.50 bits per heavy atom. The van der Waals surface area contributed by atoms with Gasteiger partial charge >= 0.3 is 0 Å². The lowest BCUT2D eigenvalue weighted by molar-refractivity contribution is -0.135. The third kappa shape index (κ3) is 4.57. The van der Waals surface area contributed by atoms with E-state index in [1.165, 1.54) is 6.07 Å². The molecule has 0 fully saturated rings. The van der Waals surface area contributed by atoms with E-state index in [1.807, 2.05) is 13.8 Å². The van der Waals surface area contributed by atoms with E-state index in [9.17, 15) is 14.7 Å². The quantitative estimate of drug-likeness (QED) is 0.824. The number of carbonyl (C=O) groups excluding carboxylic acids is 2. The van der Waals surface area contributed by atoms with Crippen molar-refractivity contribution in [1.82, 2.24) is 10.2 Å². The zero-order valence-corrected chi connectivity index (χ0v) is 12.2. The van der Waals surface area contributed by atoms with Crippen LogP contribution in [-0.4, -0.2) is 41.0 Å². The molecule has 0 heterocycles. The van der Waals surface area contributed by atoms with E-state index in [-0.39, 0.29) is 24.0 Å². The van der Waals surface area contributed by atoms with Gasteiger partial charge in [-0.25, -0.2) is 0 Å². The summed E-state index contributed by atoms with van der Waals surface area (Å²) in [5, 5.41) is 12.0. The van der Waals surface area contributed by atoms with Crippen LogP contribution in [0.15, 0.2) is 24.3 Å². The van der Waals surface area contributed by atoms with Crippen LogP contribution >= 0.6 is 0 Å². The predicted octanol–water partition coefficient (Wildman–Crippen LogP) is 1.31.